The first-order valence-corrected chi connectivity index (χ1v) is 6.36. The van der Waals surface area contributed by atoms with E-state index in [-0.39, 0.29) is 5.69 Å². The first-order valence-electron chi connectivity index (χ1n) is 6.36. The van der Waals surface area contributed by atoms with Crippen LogP contribution in [0.1, 0.15) is 19.8 Å². The van der Waals surface area contributed by atoms with Crippen molar-refractivity contribution in [2.45, 2.75) is 25.4 Å². The van der Waals surface area contributed by atoms with Crippen molar-refractivity contribution in [3.05, 3.63) is 28.3 Å². The minimum atomic E-state index is -0.733. The van der Waals surface area contributed by atoms with E-state index in [4.69, 9.17) is 0 Å². The van der Waals surface area contributed by atoms with Gasteiger partial charge in [-0.15, -0.1) is 0 Å². The quantitative estimate of drug-likeness (QED) is 0.645. The lowest BCUT2D eigenvalue weighted by Gasteiger charge is -2.38. The number of aliphatic hydroxyl groups is 1. The highest BCUT2D eigenvalue weighted by Gasteiger charge is 2.29. The van der Waals surface area contributed by atoms with Gasteiger partial charge in [-0.05, 0) is 25.8 Å². The lowest BCUT2D eigenvalue weighted by molar-refractivity contribution is -0.384. The van der Waals surface area contributed by atoms with E-state index in [9.17, 15) is 15.2 Å². The molecule has 19 heavy (non-hydrogen) atoms. The Morgan fingerprint density at radius 1 is 1.47 bits per heavy atom. The number of rotatable bonds is 3. The van der Waals surface area contributed by atoms with E-state index < -0.39 is 10.5 Å². The van der Waals surface area contributed by atoms with Crippen LogP contribution < -0.4 is 10.2 Å². The number of β-amino-alcohol motifs (C(OH)–C–C–N with tert-alkyl or cyclic N) is 1. The zero-order valence-electron chi connectivity index (χ0n) is 11.2. The van der Waals surface area contributed by atoms with Gasteiger partial charge in [0.15, 0.2) is 0 Å². The predicted octanol–water partition coefficient (Wildman–Crippen LogP) is 1.99. The molecule has 104 valence electrons. The van der Waals surface area contributed by atoms with Gasteiger partial charge in [-0.25, -0.2) is 0 Å². The summed E-state index contributed by atoms with van der Waals surface area (Å²) in [6, 6.07) is 4.93. The molecule has 0 amide bonds. The van der Waals surface area contributed by atoms with Crippen LogP contribution in [0.5, 0.6) is 0 Å². The van der Waals surface area contributed by atoms with Crippen LogP contribution in [0.3, 0.4) is 0 Å². The van der Waals surface area contributed by atoms with E-state index >= 15 is 0 Å². The topological polar surface area (TPSA) is 78.6 Å². The Morgan fingerprint density at radius 3 is 2.79 bits per heavy atom. The molecular weight excluding hydrogens is 246 g/mol. The molecule has 6 nitrogen and oxygen atoms in total. The summed E-state index contributed by atoms with van der Waals surface area (Å²) in [7, 11) is 1.73. The van der Waals surface area contributed by atoms with Crippen molar-refractivity contribution in [1.82, 2.24) is 0 Å². The molecule has 1 aromatic rings. The van der Waals surface area contributed by atoms with Crippen LogP contribution in [0.2, 0.25) is 0 Å². The van der Waals surface area contributed by atoms with Crippen LogP contribution in [0.15, 0.2) is 18.2 Å². The molecule has 1 atom stereocenters. The molecule has 1 heterocycles. The lowest BCUT2D eigenvalue weighted by atomic mass is 9.94. The van der Waals surface area contributed by atoms with Crippen molar-refractivity contribution in [2.75, 3.05) is 30.4 Å². The molecule has 1 unspecified atom stereocenters. The van der Waals surface area contributed by atoms with Gasteiger partial charge in [-0.1, -0.05) is 0 Å². The fourth-order valence-electron chi connectivity index (χ4n) is 2.47. The third-order valence-electron chi connectivity index (χ3n) is 3.44. The van der Waals surface area contributed by atoms with E-state index in [1.807, 2.05) is 11.0 Å². The third-order valence-corrected chi connectivity index (χ3v) is 3.44. The second-order valence-corrected chi connectivity index (χ2v) is 5.27. The summed E-state index contributed by atoms with van der Waals surface area (Å²) in [6.07, 6.45) is 1.64. The molecule has 0 bridgehead atoms. The zero-order chi connectivity index (χ0) is 14.0. The Balaban J connectivity index is 2.33. The van der Waals surface area contributed by atoms with Crippen molar-refractivity contribution >= 4 is 17.1 Å². The number of piperidine rings is 1. The number of hydrogen-bond acceptors (Lipinski definition) is 5. The van der Waals surface area contributed by atoms with Gasteiger partial charge < -0.3 is 15.3 Å². The fourth-order valence-corrected chi connectivity index (χ4v) is 2.47. The van der Waals surface area contributed by atoms with Gasteiger partial charge in [0.1, 0.15) is 0 Å². The normalized spacial score (nSPS) is 23.2. The molecule has 6 heteroatoms. The largest absolute Gasteiger partial charge is 0.388 e. The maximum Gasteiger partial charge on any atom is 0.273 e. The molecule has 1 aliphatic heterocycles. The van der Waals surface area contributed by atoms with Crippen LogP contribution in [0.25, 0.3) is 0 Å². The lowest BCUT2D eigenvalue weighted by Crippen LogP contribution is -2.46. The Morgan fingerprint density at radius 2 is 2.21 bits per heavy atom. The number of hydrogen-bond donors (Lipinski definition) is 2. The highest BCUT2D eigenvalue weighted by molar-refractivity contribution is 5.64. The second kappa shape index (κ2) is 5.05. The van der Waals surface area contributed by atoms with Crippen molar-refractivity contribution in [2.24, 2.45) is 0 Å². The summed E-state index contributed by atoms with van der Waals surface area (Å²) in [5, 5.41) is 24.0. The molecule has 1 aliphatic rings. The maximum atomic E-state index is 10.9. The standard InChI is InChI=1S/C13H19N3O3/c1-13(17)4-3-5-15(9-13)11-6-10(14-2)7-12(8-11)16(18)19/h6-8,14,17H,3-5,9H2,1-2H3. The van der Waals surface area contributed by atoms with Crippen LogP contribution >= 0.6 is 0 Å². The molecule has 1 saturated heterocycles. The van der Waals surface area contributed by atoms with Gasteiger partial charge in [0.25, 0.3) is 5.69 Å². The zero-order valence-corrected chi connectivity index (χ0v) is 11.2. The molecule has 0 spiro atoms. The molecule has 1 fully saturated rings. The van der Waals surface area contributed by atoms with Gasteiger partial charge >= 0.3 is 0 Å². The van der Waals surface area contributed by atoms with E-state index in [0.29, 0.717) is 12.2 Å². The third kappa shape index (κ3) is 3.14. The summed E-state index contributed by atoms with van der Waals surface area (Å²) < 4.78 is 0. The SMILES string of the molecule is CNc1cc(N2CCCC(C)(O)C2)cc([N+](=O)[O-])c1. The Labute approximate surface area is 112 Å². The average Bonchev–Trinajstić information content (AvgIpc) is 2.37. The van der Waals surface area contributed by atoms with Gasteiger partial charge in [0.2, 0.25) is 0 Å². The summed E-state index contributed by atoms with van der Waals surface area (Å²) in [4.78, 5) is 12.5. The first-order chi connectivity index (χ1) is 8.91. The highest BCUT2D eigenvalue weighted by atomic mass is 16.6. The smallest absolute Gasteiger partial charge is 0.273 e. The van der Waals surface area contributed by atoms with E-state index in [1.165, 1.54) is 6.07 Å². The minimum Gasteiger partial charge on any atom is -0.388 e. The van der Waals surface area contributed by atoms with Crippen LogP contribution in [0, 0.1) is 10.1 Å². The van der Waals surface area contributed by atoms with Crippen LogP contribution in [0.4, 0.5) is 17.1 Å². The molecule has 1 aromatic carbocycles. The number of nitrogens with zero attached hydrogens (tertiary/aromatic N) is 2. The van der Waals surface area contributed by atoms with Crippen LogP contribution in [-0.4, -0.2) is 35.8 Å². The molecule has 2 rings (SSSR count). The van der Waals surface area contributed by atoms with Gasteiger partial charge in [-0.2, -0.15) is 0 Å². The second-order valence-electron chi connectivity index (χ2n) is 5.27. The summed E-state index contributed by atoms with van der Waals surface area (Å²) in [5.74, 6) is 0. The molecule has 2 N–H and O–H groups in total. The monoisotopic (exact) mass is 265 g/mol. The highest BCUT2D eigenvalue weighted by Crippen LogP contribution is 2.31. The Kier molecular flexibility index (Phi) is 3.61. The molecule has 0 saturated carbocycles. The number of benzene rings is 1. The average molecular weight is 265 g/mol. The van der Waals surface area contributed by atoms with Crippen LogP contribution in [-0.2, 0) is 0 Å². The summed E-state index contributed by atoms with van der Waals surface area (Å²) in [5.41, 5.74) is 0.808. The van der Waals surface area contributed by atoms with Gasteiger partial charge in [0, 0.05) is 43.6 Å². The van der Waals surface area contributed by atoms with Crippen molar-refractivity contribution in [3.8, 4) is 0 Å². The molecular formula is C13H19N3O3. The number of non-ortho nitro benzene ring substituents is 1. The van der Waals surface area contributed by atoms with E-state index in [2.05, 4.69) is 5.32 Å². The van der Waals surface area contributed by atoms with Crippen molar-refractivity contribution < 1.29 is 10.0 Å². The van der Waals surface area contributed by atoms with Crippen molar-refractivity contribution in [3.63, 3.8) is 0 Å². The summed E-state index contributed by atoms with van der Waals surface area (Å²) in [6.45, 7) is 3.10. The number of nitro groups is 1. The van der Waals surface area contributed by atoms with Gasteiger partial charge in [0.05, 0.1) is 10.5 Å². The Hall–Kier alpha value is -1.82. The predicted molar refractivity (Wildman–Crippen MR) is 74.7 cm³/mol. The number of nitro benzene ring substituents is 1. The van der Waals surface area contributed by atoms with E-state index in [1.54, 1.807) is 20.0 Å². The Bertz CT molecular complexity index is 488. The van der Waals surface area contributed by atoms with E-state index in [0.717, 1.165) is 25.1 Å². The van der Waals surface area contributed by atoms with Gasteiger partial charge in [-0.3, -0.25) is 10.1 Å². The minimum absolute atomic E-state index is 0.0621. The molecule has 0 radical (unpaired) electrons. The number of nitrogens with one attached hydrogen (secondary N) is 1. The molecule has 0 aromatic heterocycles. The summed E-state index contributed by atoms with van der Waals surface area (Å²) >= 11 is 0. The molecule has 0 aliphatic carbocycles. The maximum absolute atomic E-state index is 10.9. The first kappa shape index (κ1) is 13.6. The number of anilines is 2. The van der Waals surface area contributed by atoms with Crippen molar-refractivity contribution in [1.29, 1.82) is 0 Å². The fraction of sp³-hybridized carbons (Fsp3) is 0.538.